The summed E-state index contributed by atoms with van der Waals surface area (Å²) in [6.45, 7) is 1.69. The minimum absolute atomic E-state index is 0.225. The third kappa shape index (κ3) is 3.53. The molecule has 26 heavy (non-hydrogen) atoms. The van der Waals surface area contributed by atoms with Gasteiger partial charge in [-0.2, -0.15) is 13.2 Å². The number of piperazine rings is 1. The first-order chi connectivity index (χ1) is 12.4. The normalized spacial score (nSPS) is 20.2. The number of hydrogen-bond donors (Lipinski definition) is 2. The predicted molar refractivity (Wildman–Crippen MR) is 91.9 cm³/mol. The zero-order valence-electron chi connectivity index (χ0n) is 13.8. The molecule has 2 N–H and O–H groups in total. The molecule has 1 fully saturated rings. The number of benzene rings is 1. The van der Waals surface area contributed by atoms with Gasteiger partial charge in [0.25, 0.3) is 0 Å². The number of carbonyl (C=O) groups excluding carboxylic acids is 1. The van der Waals surface area contributed by atoms with E-state index in [4.69, 9.17) is 6.42 Å². The van der Waals surface area contributed by atoms with Crippen molar-refractivity contribution in [3.05, 3.63) is 53.4 Å². The molecule has 0 saturated carbocycles. The molecule has 2 aliphatic rings. The Kier molecular flexibility index (Phi) is 4.91. The number of allylic oxidation sites excluding steroid dienone is 2. The molecular weight excluding hydrogens is 345 g/mol. The number of terminal acetylenes is 1. The molecule has 1 unspecified atom stereocenters. The van der Waals surface area contributed by atoms with Crippen molar-refractivity contribution in [3.63, 3.8) is 0 Å². The van der Waals surface area contributed by atoms with Crippen LogP contribution in [0.4, 0.5) is 18.9 Å². The summed E-state index contributed by atoms with van der Waals surface area (Å²) in [7, 11) is 0. The van der Waals surface area contributed by atoms with Crippen molar-refractivity contribution >= 4 is 12.0 Å². The standard InChI is InChI=1S/C18H17F3N4O/c1-2-24-8-3-4-16(23-24)17-11-22-7-9-25(17)14-6-5-13(12-26)15(10-14)18(19,20)21/h1,3-6,8,10,12,17,22-23H,7,9,11H2. The largest absolute Gasteiger partial charge is 0.417 e. The minimum Gasteiger partial charge on any atom is -0.360 e. The summed E-state index contributed by atoms with van der Waals surface area (Å²) >= 11 is 0. The third-order valence-corrected chi connectivity index (χ3v) is 4.30. The Hall–Kier alpha value is -2.92. The van der Waals surface area contributed by atoms with Gasteiger partial charge >= 0.3 is 6.18 Å². The highest BCUT2D eigenvalue weighted by Gasteiger charge is 2.35. The Balaban J connectivity index is 1.96. The van der Waals surface area contributed by atoms with Gasteiger partial charge in [0.05, 0.1) is 17.3 Å². The third-order valence-electron chi connectivity index (χ3n) is 4.30. The number of hydrazine groups is 1. The molecule has 1 atom stereocenters. The first kappa shape index (κ1) is 17.9. The smallest absolute Gasteiger partial charge is 0.360 e. The molecule has 0 aromatic heterocycles. The summed E-state index contributed by atoms with van der Waals surface area (Å²) in [4.78, 5) is 12.8. The van der Waals surface area contributed by atoms with Crippen molar-refractivity contribution in [2.75, 3.05) is 24.5 Å². The van der Waals surface area contributed by atoms with Gasteiger partial charge in [0.15, 0.2) is 6.29 Å². The molecule has 0 spiro atoms. The summed E-state index contributed by atoms with van der Waals surface area (Å²) in [5.74, 6) is 0. The average molecular weight is 362 g/mol. The highest BCUT2D eigenvalue weighted by Crippen LogP contribution is 2.35. The fraction of sp³-hybridized carbons (Fsp3) is 0.278. The van der Waals surface area contributed by atoms with E-state index in [-0.39, 0.29) is 17.9 Å². The van der Waals surface area contributed by atoms with Crippen LogP contribution in [-0.2, 0) is 6.18 Å². The number of aldehydes is 1. The molecule has 0 amide bonds. The predicted octanol–water partition coefficient (Wildman–Crippen LogP) is 2.10. The second kappa shape index (κ2) is 7.14. The molecule has 0 bridgehead atoms. The van der Waals surface area contributed by atoms with Crippen LogP contribution in [0.3, 0.4) is 0 Å². The lowest BCUT2D eigenvalue weighted by molar-refractivity contribution is -0.137. The second-order valence-electron chi connectivity index (χ2n) is 5.87. The maximum Gasteiger partial charge on any atom is 0.417 e. The molecule has 1 aromatic carbocycles. The van der Waals surface area contributed by atoms with Crippen molar-refractivity contribution in [3.8, 4) is 12.5 Å². The number of nitrogens with zero attached hydrogens (tertiary/aromatic N) is 2. The summed E-state index contributed by atoms with van der Waals surface area (Å²) in [5.41, 5.74) is 2.92. The van der Waals surface area contributed by atoms with Crippen LogP contribution in [-0.4, -0.2) is 37.0 Å². The average Bonchev–Trinajstić information content (AvgIpc) is 2.67. The summed E-state index contributed by atoms with van der Waals surface area (Å²) in [6.07, 6.45) is 6.30. The van der Waals surface area contributed by atoms with E-state index in [1.54, 1.807) is 12.3 Å². The number of carbonyl (C=O) groups is 1. The van der Waals surface area contributed by atoms with E-state index in [1.807, 2.05) is 11.0 Å². The van der Waals surface area contributed by atoms with E-state index in [0.29, 0.717) is 25.3 Å². The van der Waals surface area contributed by atoms with Crippen LogP contribution in [0, 0.1) is 12.5 Å². The van der Waals surface area contributed by atoms with Gasteiger partial charge in [0, 0.05) is 43.1 Å². The molecule has 1 aromatic rings. The van der Waals surface area contributed by atoms with E-state index in [2.05, 4.69) is 16.8 Å². The Labute approximate surface area is 149 Å². The zero-order valence-corrected chi connectivity index (χ0v) is 13.8. The van der Waals surface area contributed by atoms with E-state index in [0.717, 1.165) is 11.8 Å². The number of halogens is 3. The second-order valence-corrected chi connectivity index (χ2v) is 5.87. The summed E-state index contributed by atoms with van der Waals surface area (Å²) in [5, 5.41) is 4.68. The van der Waals surface area contributed by atoms with Crippen LogP contribution in [0.25, 0.3) is 0 Å². The molecule has 2 aliphatic heterocycles. The van der Waals surface area contributed by atoms with Crippen molar-refractivity contribution in [2.24, 2.45) is 0 Å². The van der Waals surface area contributed by atoms with E-state index >= 15 is 0 Å². The fourth-order valence-electron chi connectivity index (χ4n) is 3.07. The highest BCUT2D eigenvalue weighted by molar-refractivity contribution is 5.79. The number of hydrogen-bond acceptors (Lipinski definition) is 5. The topological polar surface area (TPSA) is 47.6 Å². The van der Waals surface area contributed by atoms with Crippen molar-refractivity contribution < 1.29 is 18.0 Å². The van der Waals surface area contributed by atoms with Crippen LogP contribution < -0.4 is 15.6 Å². The van der Waals surface area contributed by atoms with Crippen molar-refractivity contribution in [1.29, 1.82) is 0 Å². The molecule has 3 rings (SSSR count). The molecule has 8 heteroatoms. The molecule has 0 radical (unpaired) electrons. The zero-order chi connectivity index (χ0) is 18.7. The van der Waals surface area contributed by atoms with Crippen LogP contribution in [0.2, 0.25) is 0 Å². The van der Waals surface area contributed by atoms with E-state index in [9.17, 15) is 18.0 Å². The molecule has 2 heterocycles. The Morgan fingerprint density at radius 3 is 2.85 bits per heavy atom. The molecule has 1 saturated heterocycles. The van der Waals surface area contributed by atoms with Gasteiger partial charge in [0.1, 0.15) is 0 Å². The van der Waals surface area contributed by atoms with Gasteiger partial charge in [-0.1, -0.05) is 6.42 Å². The maximum absolute atomic E-state index is 13.3. The first-order valence-electron chi connectivity index (χ1n) is 7.98. The van der Waals surface area contributed by atoms with Crippen molar-refractivity contribution in [2.45, 2.75) is 12.2 Å². The van der Waals surface area contributed by atoms with Crippen molar-refractivity contribution in [1.82, 2.24) is 15.8 Å². The van der Waals surface area contributed by atoms with E-state index in [1.165, 1.54) is 17.1 Å². The lowest BCUT2D eigenvalue weighted by Gasteiger charge is -2.41. The number of rotatable bonds is 3. The van der Waals surface area contributed by atoms with Gasteiger partial charge in [-0.25, -0.2) is 5.01 Å². The van der Waals surface area contributed by atoms with Gasteiger partial charge in [-0.3, -0.25) is 10.2 Å². The molecular formula is C18H17F3N4O. The first-order valence-corrected chi connectivity index (χ1v) is 7.98. The van der Waals surface area contributed by atoms with Crippen LogP contribution in [0.1, 0.15) is 15.9 Å². The lowest BCUT2D eigenvalue weighted by atomic mass is 10.0. The van der Waals surface area contributed by atoms with Crippen LogP contribution in [0.5, 0.6) is 0 Å². The Bertz CT molecular complexity index is 795. The van der Waals surface area contributed by atoms with Crippen LogP contribution >= 0.6 is 0 Å². The number of nitrogens with one attached hydrogen (secondary N) is 2. The highest BCUT2D eigenvalue weighted by atomic mass is 19.4. The van der Waals surface area contributed by atoms with Gasteiger partial charge in [-0.05, 0) is 30.4 Å². The summed E-state index contributed by atoms with van der Waals surface area (Å²) < 4.78 is 39.8. The number of anilines is 1. The maximum atomic E-state index is 13.3. The Morgan fingerprint density at radius 2 is 2.15 bits per heavy atom. The summed E-state index contributed by atoms with van der Waals surface area (Å²) in [6, 6.07) is 5.98. The lowest BCUT2D eigenvalue weighted by Crippen LogP contribution is -2.55. The number of alkyl halides is 3. The van der Waals surface area contributed by atoms with Gasteiger partial charge in [-0.15, -0.1) is 0 Å². The Morgan fingerprint density at radius 1 is 1.35 bits per heavy atom. The molecule has 0 aliphatic carbocycles. The fourth-order valence-corrected chi connectivity index (χ4v) is 3.07. The SMILES string of the molecule is C#CN1C=CC=C(C2CNCCN2c2ccc(C=O)c(C(F)(F)F)c2)N1. The molecule has 136 valence electrons. The molecule has 5 nitrogen and oxygen atoms in total. The van der Waals surface area contributed by atoms with Crippen LogP contribution in [0.15, 0.2) is 42.2 Å². The van der Waals surface area contributed by atoms with Gasteiger partial charge in [0.2, 0.25) is 0 Å². The van der Waals surface area contributed by atoms with Gasteiger partial charge < -0.3 is 10.2 Å². The van der Waals surface area contributed by atoms with E-state index < -0.39 is 11.7 Å². The monoisotopic (exact) mass is 362 g/mol. The quantitative estimate of drug-likeness (QED) is 0.637. The minimum atomic E-state index is -4.60.